The molecule has 3 aliphatic carbocycles. The lowest BCUT2D eigenvalue weighted by molar-refractivity contribution is -0.161. The van der Waals surface area contributed by atoms with Crippen LogP contribution in [0.3, 0.4) is 0 Å². The van der Waals surface area contributed by atoms with Gasteiger partial charge in [-0.15, -0.1) is 0 Å². The molecule has 4 atom stereocenters. The molecule has 0 aromatic heterocycles. The number of ketones is 1. The Kier molecular flexibility index (Phi) is 3.08. The zero-order chi connectivity index (χ0) is 17.5. The summed E-state index contributed by atoms with van der Waals surface area (Å²) in [7, 11) is 0. The largest absolute Gasteiger partial charge is 0.454 e. The molecular weight excluding hydrogens is 304 g/mol. The van der Waals surface area contributed by atoms with Crippen LogP contribution in [0.1, 0.15) is 53.4 Å². The number of aliphatic hydroxyl groups is 1. The van der Waals surface area contributed by atoms with Crippen LogP contribution >= 0.6 is 0 Å². The summed E-state index contributed by atoms with van der Waals surface area (Å²) in [5, 5.41) is 11.2. The number of carbonyl (C=O) groups excluding carboxylic acids is 2. The summed E-state index contributed by atoms with van der Waals surface area (Å²) in [4.78, 5) is 25.5. The minimum atomic E-state index is -2.02. The molecule has 0 unspecified atom stereocenters. The monoisotopic (exact) mass is 330 g/mol. The topological polar surface area (TPSA) is 63.6 Å². The fraction of sp³-hybridized carbons (Fsp3) is 0.700. The third-order valence-electron chi connectivity index (χ3n) is 6.95. The van der Waals surface area contributed by atoms with Crippen LogP contribution in [-0.4, -0.2) is 28.6 Å². The molecular formula is C20H26O4. The van der Waals surface area contributed by atoms with E-state index in [1.807, 2.05) is 19.9 Å². The van der Waals surface area contributed by atoms with E-state index in [-0.39, 0.29) is 11.3 Å². The van der Waals surface area contributed by atoms with Crippen LogP contribution in [0.15, 0.2) is 23.3 Å². The van der Waals surface area contributed by atoms with Gasteiger partial charge < -0.3 is 9.84 Å². The van der Waals surface area contributed by atoms with Crippen molar-refractivity contribution >= 4 is 11.8 Å². The number of Topliss-reactive ketones (excluding diaryl/α,β-unsaturated/α-hetero) is 1. The standard InChI is InChI=1S/C20H26O4/c1-11(2)13-10-19-9-7-14-12(6-5-8-18(14,3)4)16(19)24-17(22)20(19,23)15(13)21/h6,10-11,14,16,23H,5,7-9H2,1-4H3/t14-,16+,19+,20+/m0/s1. The Labute approximate surface area is 143 Å². The molecule has 1 aliphatic heterocycles. The minimum absolute atomic E-state index is 0.00977. The molecule has 4 rings (SSSR count). The Bertz CT molecular complexity index is 698. The van der Waals surface area contributed by atoms with Crippen molar-refractivity contribution in [2.45, 2.75) is 65.1 Å². The first kappa shape index (κ1) is 16.1. The van der Waals surface area contributed by atoms with Gasteiger partial charge in [-0.2, -0.15) is 0 Å². The van der Waals surface area contributed by atoms with Gasteiger partial charge in [-0.25, -0.2) is 4.79 Å². The van der Waals surface area contributed by atoms with E-state index in [2.05, 4.69) is 19.9 Å². The zero-order valence-corrected chi connectivity index (χ0v) is 14.9. The summed E-state index contributed by atoms with van der Waals surface area (Å²) < 4.78 is 5.66. The maximum Gasteiger partial charge on any atom is 0.348 e. The van der Waals surface area contributed by atoms with Crippen molar-refractivity contribution in [2.75, 3.05) is 0 Å². The van der Waals surface area contributed by atoms with Gasteiger partial charge in [0.05, 0.1) is 5.41 Å². The summed E-state index contributed by atoms with van der Waals surface area (Å²) in [6.45, 7) is 8.39. The van der Waals surface area contributed by atoms with Gasteiger partial charge in [0.1, 0.15) is 6.10 Å². The van der Waals surface area contributed by atoms with Crippen LogP contribution in [0.4, 0.5) is 0 Å². The zero-order valence-electron chi connectivity index (χ0n) is 14.9. The van der Waals surface area contributed by atoms with Crippen LogP contribution in [0, 0.1) is 22.7 Å². The molecule has 130 valence electrons. The maximum atomic E-state index is 12.9. The molecule has 2 fully saturated rings. The van der Waals surface area contributed by atoms with E-state index in [1.165, 1.54) is 0 Å². The highest BCUT2D eigenvalue weighted by Gasteiger charge is 2.75. The van der Waals surface area contributed by atoms with Gasteiger partial charge in [0.15, 0.2) is 0 Å². The molecule has 0 aromatic rings. The van der Waals surface area contributed by atoms with Crippen LogP contribution in [0.25, 0.3) is 0 Å². The minimum Gasteiger partial charge on any atom is -0.454 e. The average molecular weight is 330 g/mol. The van der Waals surface area contributed by atoms with Crippen LogP contribution in [0.5, 0.6) is 0 Å². The maximum absolute atomic E-state index is 12.9. The summed E-state index contributed by atoms with van der Waals surface area (Å²) in [6, 6.07) is 0. The number of fused-ring (bicyclic) bond motifs is 2. The van der Waals surface area contributed by atoms with Crippen molar-refractivity contribution in [3.63, 3.8) is 0 Å². The molecule has 0 radical (unpaired) electrons. The van der Waals surface area contributed by atoms with Crippen molar-refractivity contribution in [2.24, 2.45) is 22.7 Å². The number of carbonyl (C=O) groups is 2. The van der Waals surface area contributed by atoms with Crippen molar-refractivity contribution in [3.8, 4) is 0 Å². The van der Waals surface area contributed by atoms with E-state index >= 15 is 0 Å². The van der Waals surface area contributed by atoms with E-state index in [0.717, 1.165) is 24.8 Å². The van der Waals surface area contributed by atoms with E-state index in [0.29, 0.717) is 17.9 Å². The van der Waals surface area contributed by atoms with Gasteiger partial charge in [0.25, 0.3) is 0 Å². The molecule has 0 aromatic carbocycles. The number of allylic oxidation sites excluding steroid dienone is 1. The molecule has 1 saturated heterocycles. The first-order chi connectivity index (χ1) is 11.1. The number of hydrogen-bond acceptors (Lipinski definition) is 4. The lowest BCUT2D eigenvalue weighted by atomic mass is 9.54. The average Bonchev–Trinajstić information content (AvgIpc) is 2.86. The molecule has 4 aliphatic rings. The number of esters is 1. The lowest BCUT2D eigenvalue weighted by Crippen LogP contribution is -2.56. The third-order valence-corrected chi connectivity index (χ3v) is 6.95. The number of hydrogen-bond donors (Lipinski definition) is 1. The molecule has 24 heavy (non-hydrogen) atoms. The second-order valence-corrected chi connectivity index (χ2v) is 8.94. The Balaban J connectivity index is 1.87. The quantitative estimate of drug-likeness (QED) is 0.456. The Morgan fingerprint density at radius 1 is 1.25 bits per heavy atom. The Morgan fingerprint density at radius 2 is 1.96 bits per heavy atom. The first-order valence-electron chi connectivity index (χ1n) is 9.06. The van der Waals surface area contributed by atoms with Crippen LogP contribution in [-0.2, 0) is 14.3 Å². The van der Waals surface area contributed by atoms with Crippen LogP contribution in [0.2, 0.25) is 0 Å². The molecule has 4 nitrogen and oxygen atoms in total. The van der Waals surface area contributed by atoms with Gasteiger partial charge in [0.2, 0.25) is 11.4 Å². The number of rotatable bonds is 1. The molecule has 0 bridgehead atoms. The van der Waals surface area contributed by atoms with Gasteiger partial charge in [-0.05, 0) is 54.1 Å². The first-order valence-corrected chi connectivity index (χ1v) is 9.06. The summed E-state index contributed by atoms with van der Waals surface area (Å²) in [5.74, 6) is -0.860. The number of ether oxygens (including phenoxy) is 1. The highest BCUT2D eigenvalue weighted by Crippen LogP contribution is 2.63. The molecule has 1 N–H and O–H groups in total. The highest BCUT2D eigenvalue weighted by atomic mass is 16.6. The van der Waals surface area contributed by atoms with Gasteiger partial charge in [-0.1, -0.05) is 39.8 Å². The van der Waals surface area contributed by atoms with Crippen molar-refractivity contribution in [1.29, 1.82) is 0 Å². The smallest absolute Gasteiger partial charge is 0.348 e. The van der Waals surface area contributed by atoms with E-state index in [1.54, 1.807) is 0 Å². The second-order valence-electron chi connectivity index (χ2n) is 8.94. The highest BCUT2D eigenvalue weighted by molar-refractivity contribution is 6.20. The molecule has 1 saturated carbocycles. The van der Waals surface area contributed by atoms with Gasteiger partial charge >= 0.3 is 5.97 Å². The fourth-order valence-corrected chi connectivity index (χ4v) is 5.50. The fourth-order valence-electron chi connectivity index (χ4n) is 5.50. The van der Waals surface area contributed by atoms with E-state index < -0.39 is 28.9 Å². The Hall–Kier alpha value is -1.42. The lowest BCUT2D eigenvalue weighted by Gasteiger charge is -2.49. The normalized spacial score (nSPS) is 42.9. The predicted molar refractivity (Wildman–Crippen MR) is 89.0 cm³/mol. The molecule has 1 spiro atoms. The summed E-state index contributed by atoms with van der Waals surface area (Å²) >= 11 is 0. The third kappa shape index (κ3) is 1.63. The van der Waals surface area contributed by atoms with Crippen LogP contribution < -0.4 is 0 Å². The predicted octanol–water partition coefficient (Wildman–Crippen LogP) is 2.95. The van der Waals surface area contributed by atoms with E-state index in [4.69, 9.17) is 4.74 Å². The SMILES string of the molecule is CC(C)C1=C[C@]23CC[C@H]4C(=CCCC4(C)C)[C@H]2OC(=O)[C@]3(O)C1=O. The Morgan fingerprint density at radius 3 is 2.62 bits per heavy atom. The van der Waals surface area contributed by atoms with E-state index in [9.17, 15) is 14.7 Å². The molecule has 1 heterocycles. The second kappa shape index (κ2) is 4.60. The molecule has 4 heteroatoms. The van der Waals surface area contributed by atoms with Crippen molar-refractivity contribution in [3.05, 3.63) is 23.3 Å². The summed E-state index contributed by atoms with van der Waals surface area (Å²) in [6.07, 6.45) is 7.15. The van der Waals surface area contributed by atoms with Crippen molar-refractivity contribution < 1.29 is 19.4 Å². The van der Waals surface area contributed by atoms with Crippen molar-refractivity contribution in [1.82, 2.24) is 0 Å². The van der Waals surface area contributed by atoms with Gasteiger partial charge in [0, 0.05) is 0 Å². The summed E-state index contributed by atoms with van der Waals surface area (Å²) in [5.41, 5.74) is -1.07. The molecule has 0 amide bonds. The van der Waals surface area contributed by atoms with Gasteiger partial charge in [-0.3, -0.25) is 4.79 Å².